The molecule has 7 heteroatoms. The number of ether oxygens (including phenoxy) is 1. The number of rotatable bonds is 7. The summed E-state index contributed by atoms with van der Waals surface area (Å²) in [5, 5.41) is 11.4. The van der Waals surface area contributed by atoms with Crippen molar-refractivity contribution in [2.75, 3.05) is 38.7 Å². The van der Waals surface area contributed by atoms with Crippen molar-refractivity contribution >= 4 is 11.8 Å². The van der Waals surface area contributed by atoms with Crippen LogP contribution >= 0.6 is 0 Å². The third kappa shape index (κ3) is 4.83. The Kier molecular flexibility index (Phi) is 6.62. The van der Waals surface area contributed by atoms with Crippen LogP contribution in [0.2, 0.25) is 0 Å². The Balaban J connectivity index is 1.39. The quantitative estimate of drug-likeness (QED) is 0.536. The number of carbonyl (C=O) groups is 1. The van der Waals surface area contributed by atoms with Crippen LogP contribution in [0.3, 0.4) is 0 Å². The maximum absolute atomic E-state index is 13.4. The van der Waals surface area contributed by atoms with Crippen LogP contribution in [0.25, 0.3) is 5.69 Å². The highest BCUT2D eigenvalue weighted by atomic mass is 16.5. The molecule has 0 unspecified atom stereocenters. The standard InChI is InChI=1S/C28H35N5O2/c1-28(2)15-14-22-25(28)31-33(21-12-8-5-9-13-21)26(22)30-27(34)29-24-19-32(16-17-35-3)18-23(24)20-10-6-4-7-11-20/h4-13,23-24H,14-19H2,1-3H3,(H2,29,30,34)/t23-,24+/m1/s1. The molecule has 35 heavy (non-hydrogen) atoms. The number of para-hydroxylation sites is 1. The molecule has 1 aliphatic carbocycles. The molecule has 0 radical (unpaired) electrons. The Hall–Kier alpha value is -3.16. The summed E-state index contributed by atoms with van der Waals surface area (Å²) in [7, 11) is 1.73. The summed E-state index contributed by atoms with van der Waals surface area (Å²) in [5.41, 5.74) is 4.40. The van der Waals surface area contributed by atoms with Gasteiger partial charge in [-0.05, 0) is 30.5 Å². The predicted octanol–water partition coefficient (Wildman–Crippen LogP) is 4.33. The van der Waals surface area contributed by atoms with Crippen LogP contribution in [0, 0.1) is 0 Å². The number of anilines is 1. The van der Waals surface area contributed by atoms with Crippen LogP contribution in [-0.4, -0.2) is 60.1 Å². The monoisotopic (exact) mass is 473 g/mol. The van der Waals surface area contributed by atoms with Gasteiger partial charge in [0, 0.05) is 43.6 Å². The molecule has 7 nitrogen and oxygen atoms in total. The van der Waals surface area contributed by atoms with Gasteiger partial charge < -0.3 is 10.1 Å². The lowest BCUT2D eigenvalue weighted by molar-refractivity contribution is 0.159. The Bertz CT molecular complexity index is 1160. The van der Waals surface area contributed by atoms with Crippen molar-refractivity contribution < 1.29 is 9.53 Å². The van der Waals surface area contributed by atoms with Crippen LogP contribution in [0.1, 0.15) is 43.0 Å². The first-order valence-corrected chi connectivity index (χ1v) is 12.5. The molecule has 1 fully saturated rings. The highest BCUT2D eigenvalue weighted by Gasteiger charge is 2.38. The third-order valence-corrected chi connectivity index (χ3v) is 7.41. The summed E-state index contributed by atoms with van der Waals surface area (Å²) in [6.07, 6.45) is 1.94. The number of nitrogens with one attached hydrogen (secondary N) is 2. The Morgan fingerprint density at radius 3 is 2.51 bits per heavy atom. The van der Waals surface area contributed by atoms with E-state index in [1.165, 1.54) is 5.56 Å². The third-order valence-electron chi connectivity index (χ3n) is 7.41. The predicted molar refractivity (Wildman–Crippen MR) is 138 cm³/mol. The molecule has 2 aromatic carbocycles. The van der Waals surface area contributed by atoms with Crippen molar-refractivity contribution in [1.82, 2.24) is 20.0 Å². The van der Waals surface area contributed by atoms with E-state index in [4.69, 9.17) is 9.84 Å². The van der Waals surface area contributed by atoms with E-state index in [1.807, 2.05) is 41.1 Å². The topological polar surface area (TPSA) is 71.4 Å². The minimum Gasteiger partial charge on any atom is -0.383 e. The Labute approximate surface area is 207 Å². The number of methoxy groups -OCH3 is 1. The van der Waals surface area contributed by atoms with Crippen LogP contribution in [-0.2, 0) is 16.6 Å². The zero-order chi connectivity index (χ0) is 24.4. The van der Waals surface area contributed by atoms with E-state index >= 15 is 0 Å². The van der Waals surface area contributed by atoms with Crippen LogP contribution in [0.5, 0.6) is 0 Å². The molecule has 2 N–H and O–H groups in total. The lowest BCUT2D eigenvalue weighted by Gasteiger charge is -2.21. The number of amides is 2. The number of fused-ring (bicyclic) bond motifs is 1. The van der Waals surface area contributed by atoms with Crippen LogP contribution < -0.4 is 10.6 Å². The van der Waals surface area contributed by atoms with Crippen LogP contribution in [0.15, 0.2) is 60.7 Å². The molecule has 2 amide bonds. The minimum atomic E-state index is -0.186. The zero-order valence-corrected chi connectivity index (χ0v) is 20.8. The summed E-state index contributed by atoms with van der Waals surface area (Å²) in [4.78, 5) is 15.8. The van der Waals surface area contributed by atoms with Gasteiger partial charge in [-0.1, -0.05) is 62.4 Å². The first-order valence-electron chi connectivity index (χ1n) is 12.5. The largest absolute Gasteiger partial charge is 0.383 e. The number of hydrogen-bond acceptors (Lipinski definition) is 4. The molecule has 2 heterocycles. The Morgan fingerprint density at radius 2 is 1.80 bits per heavy atom. The zero-order valence-electron chi connectivity index (χ0n) is 20.8. The molecule has 0 saturated carbocycles. The second-order valence-corrected chi connectivity index (χ2v) is 10.3. The van der Waals surface area contributed by atoms with Gasteiger partial charge in [-0.3, -0.25) is 10.2 Å². The van der Waals surface area contributed by atoms with E-state index in [0.717, 1.165) is 55.2 Å². The van der Waals surface area contributed by atoms with Gasteiger partial charge in [0.1, 0.15) is 5.82 Å². The molecule has 0 spiro atoms. The van der Waals surface area contributed by atoms with Crippen molar-refractivity contribution in [1.29, 1.82) is 0 Å². The molecule has 1 saturated heterocycles. The molecule has 2 aliphatic rings. The van der Waals surface area contributed by atoms with Crippen molar-refractivity contribution in [3.8, 4) is 5.69 Å². The molecular formula is C28H35N5O2. The summed E-state index contributed by atoms with van der Waals surface area (Å²) >= 11 is 0. The number of benzene rings is 2. The number of likely N-dealkylation sites (tertiary alicyclic amines) is 1. The molecule has 1 aromatic heterocycles. The van der Waals surface area contributed by atoms with E-state index < -0.39 is 0 Å². The number of carbonyl (C=O) groups excluding carboxylic acids is 1. The fourth-order valence-electron chi connectivity index (χ4n) is 5.46. The van der Waals surface area contributed by atoms with Crippen LogP contribution in [0.4, 0.5) is 10.6 Å². The molecule has 3 aromatic rings. The van der Waals surface area contributed by atoms with Gasteiger partial charge in [0.05, 0.1) is 24.0 Å². The highest BCUT2D eigenvalue weighted by molar-refractivity contribution is 5.90. The second kappa shape index (κ2) is 9.84. The van der Waals surface area contributed by atoms with Gasteiger partial charge in [0.25, 0.3) is 0 Å². The minimum absolute atomic E-state index is 0.00597. The number of urea groups is 1. The summed E-state index contributed by atoms with van der Waals surface area (Å²) in [5.74, 6) is 1.00. The smallest absolute Gasteiger partial charge is 0.320 e. The van der Waals surface area contributed by atoms with Gasteiger partial charge in [-0.25, -0.2) is 9.48 Å². The molecule has 0 bridgehead atoms. The highest BCUT2D eigenvalue weighted by Crippen LogP contribution is 2.42. The van der Waals surface area contributed by atoms with E-state index in [2.05, 4.69) is 53.6 Å². The fourth-order valence-corrected chi connectivity index (χ4v) is 5.46. The van der Waals surface area contributed by atoms with E-state index in [9.17, 15) is 4.79 Å². The van der Waals surface area contributed by atoms with Crippen molar-refractivity contribution in [3.05, 3.63) is 77.5 Å². The summed E-state index contributed by atoms with van der Waals surface area (Å²) < 4.78 is 7.18. The van der Waals surface area contributed by atoms with Gasteiger partial charge in [-0.15, -0.1) is 0 Å². The maximum Gasteiger partial charge on any atom is 0.320 e. The summed E-state index contributed by atoms with van der Waals surface area (Å²) in [6, 6.07) is 20.3. The average molecular weight is 474 g/mol. The van der Waals surface area contributed by atoms with E-state index in [0.29, 0.717) is 6.61 Å². The van der Waals surface area contributed by atoms with Gasteiger partial charge >= 0.3 is 6.03 Å². The Morgan fingerprint density at radius 1 is 1.09 bits per heavy atom. The van der Waals surface area contributed by atoms with E-state index in [-0.39, 0.29) is 23.4 Å². The second-order valence-electron chi connectivity index (χ2n) is 10.3. The summed E-state index contributed by atoms with van der Waals surface area (Å²) in [6.45, 7) is 7.66. The SMILES string of the molecule is COCCN1C[C@H](NC(=O)Nc2c3c(nn2-c2ccccc2)C(C)(C)CC3)[C@@H](c2ccccc2)C1. The molecule has 2 atom stereocenters. The van der Waals surface area contributed by atoms with Crippen molar-refractivity contribution in [3.63, 3.8) is 0 Å². The normalized spacial score (nSPS) is 21.1. The fraction of sp³-hybridized carbons (Fsp3) is 0.429. The molecule has 1 aliphatic heterocycles. The van der Waals surface area contributed by atoms with Gasteiger partial charge in [-0.2, -0.15) is 5.10 Å². The first kappa shape index (κ1) is 23.6. The van der Waals surface area contributed by atoms with Crippen molar-refractivity contribution in [2.45, 2.75) is 44.1 Å². The molecule has 5 rings (SSSR count). The average Bonchev–Trinajstić information content (AvgIpc) is 3.52. The number of nitrogens with zero attached hydrogens (tertiary/aromatic N) is 3. The first-order chi connectivity index (χ1) is 17.0. The maximum atomic E-state index is 13.4. The van der Waals surface area contributed by atoms with Gasteiger partial charge in [0.15, 0.2) is 0 Å². The lowest BCUT2D eigenvalue weighted by atomic mass is 9.91. The lowest BCUT2D eigenvalue weighted by Crippen LogP contribution is -2.42. The number of hydrogen-bond donors (Lipinski definition) is 2. The van der Waals surface area contributed by atoms with Gasteiger partial charge in [0.2, 0.25) is 0 Å². The van der Waals surface area contributed by atoms with Crippen molar-refractivity contribution in [2.24, 2.45) is 0 Å². The number of aromatic nitrogens is 2. The molecule has 184 valence electrons. The molecular weight excluding hydrogens is 438 g/mol. The van der Waals surface area contributed by atoms with E-state index in [1.54, 1.807) is 7.11 Å².